The standard InChI is InChI=1S/C28H46O2/c1-18-11-13-27(3)20(16-18)9-10-21-22(27)12-14-28(4)23(21)17-25-26(28)19(2)24(30-25)8-6-7-15-29-5/h9,18-19,21-26H,6-8,10-17H2,1-5H3. The average Bonchev–Trinajstić information content (AvgIpc) is 3.19. The fourth-order valence-corrected chi connectivity index (χ4v) is 9.45. The molecule has 2 heteroatoms. The number of ether oxygens (including phenoxy) is 2. The van der Waals surface area contributed by atoms with E-state index in [0.717, 1.165) is 42.1 Å². The molecule has 1 aliphatic heterocycles. The zero-order valence-corrected chi connectivity index (χ0v) is 20.3. The number of unbranched alkanes of at least 4 members (excludes halogenated alkanes) is 1. The van der Waals surface area contributed by atoms with Gasteiger partial charge in [0.1, 0.15) is 0 Å². The first-order chi connectivity index (χ1) is 14.4. The summed E-state index contributed by atoms with van der Waals surface area (Å²) in [6.07, 6.45) is 17.3. The highest BCUT2D eigenvalue weighted by Gasteiger charge is 2.64. The van der Waals surface area contributed by atoms with Crippen LogP contribution in [-0.4, -0.2) is 25.9 Å². The molecule has 3 saturated carbocycles. The molecular weight excluding hydrogens is 368 g/mol. The normalized spacial score (nSPS) is 52.2. The predicted molar refractivity (Wildman–Crippen MR) is 123 cm³/mol. The lowest BCUT2D eigenvalue weighted by molar-refractivity contribution is -0.0541. The summed E-state index contributed by atoms with van der Waals surface area (Å²) < 4.78 is 12.1. The molecule has 1 heterocycles. The van der Waals surface area contributed by atoms with Gasteiger partial charge >= 0.3 is 0 Å². The summed E-state index contributed by atoms with van der Waals surface area (Å²) in [5.41, 5.74) is 2.85. The molecule has 4 fully saturated rings. The van der Waals surface area contributed by atoms with Crippen LogP contribution in [0.3, 0.4) is 0 Å². The van der Waals surface area contributed by atoms with E-state index in [1.165, 1.54) is 64.2 Å². The van der Waals surface area contributed by atoms with E-state index >= 15 is 0 Å². The number of allylic oxidation sites excluding steroid dienone is 2. The third-order valence-electron chi connectivity index (χ3n) is 11.0. The minimum absolute atomic E-state index is 0.488. The minimum atomic E-state index is 0.488. The second kappa shape index (κ2) is 7.91. The van der Waals surface area contributed by atoms with Gasteiger partial charge in [0.2, 0.25) is 0 Å². The molecule has 30 heavy (non-hydrogen) atoms. The first-order valence-corrected chi connectivity index (χ1v) is 13.2. The second-order valence-corrected chi connectivity index (χ2v) is 12.5. The molecule has 1 saturated heterocycles. The van der Waals surface area contributed by atoms with Crippen molar-refractivity contribution in [3.05, 3.63) is 11.6 Å². The summed E-state index contributed by atoms with van der Waals surface area (Å²) in [5, 5.41) is 0. The molecule has 0 spiro atoms. The van der Waals surface area contributed by atoms with Crippen molar-refractivity contribution in [2.24, 2.45) is 46.3 Å². The molecule has 0 bridgehead atoms. The van der Waals surface area contributed by atoms with Crippen LogP contribution in [0.1, 0.15) is 91.9 Å². The Labute approximate surface area is 185 Å². The summed E-state index contributed by atoms with van der Waals surface area (Å²) in [4.78, 5) is 0. The average molecular weight is 415 g/mol. The van der Waals surface area contributed by atoms with E-state index in [1.807, 2.05) is 12.7 Å². The zero-order valence-electron chi connectivity index (χ0n) is 20.3. The largest absolute Gasteiger partial charge is 0.385 e. The molecule has 2 nitrogen and oxygen atoms in total. The van der Waals surface area contributed by atoms with Crippen LogP contribution in [0.4, 0.5) is 0 Å². The van der Waals surface area contributed by atoms with Crippen molar-refractivity contribution in [3.63, 3.8) is 0 Å². The molecule has 5 aliphatic rings. The van der Waals surface area contributed by atoms with Crippen LogP contribution in [0.2, 0.25) is 0 Å². The molecule has 10 atom stereocenters. The quantitative estimate of drug-likeness (QED) is 0.355. The Balaban J connectivity index is 1.32. The highest BCUT2D eigenvalue weighted by molar-refractivity contribution is 5.25. The molecular formula is C28H46O2. The van der Waals surface area contributed by atoms with Crippen LogP contribution >= 0.6 is 0 Å². The number of fused-ring (bicyclic) bond motifs is 7. The van der Waals surface area contributed by atoms with E-state index < -0.39 is 0 Å². The van der Waals surface area contributed by atoms with Crippen molar-refractivity contribution in [2.45, 2.75) is 104 Å². The molecule has 170 valence electrons. The smallest absolute Gasteiger partial charge is 0.0618 e. The van der Waals surface area contributed by atoms with E-state index in [4.69, 9.17) is 9.47 Å². The summed E-state index contributed by atoms with van der Waals surface area (Å²) in [6.45, 7) is 11.2. The number of hydrogen-bond donors (Lipinski definition) is 0. The maximum atomic E-state index is 6.80. The molecule has 10 unspecified atom stereocenters. The molecule has 0 N–H and O–H groups in total. The Morgan fingerprint density at radius 1 is 1.10 bits per heavy atom. The van der Waals surface area contributed by atoms with Crippen LogP contribution in [-0.2, 0) is 9.47 Å². The van der Waals surface area contributed by atoms with Crippen molar-refractivity contribution in [2.75, 3.05) is 13.7 Å². The first-order valence-electron chi connectivity index (χ1n) is 13.2. The van der Waals surface area contributed by atoms with E-state index in [2.05, 4.69) is 33.8 Å². The molecule has 4 aliphatic carbocycles. The van der Waals surface area contributed by atoms with Crippen molar-refractivity contribution >= 4 is 0 Å². The van der Waals surface area contributed by atoms with Gasteiger partial charge in [-0.2, -0.15) is 0 Å². The molecule has 0 aromatic carbocycles. The van der Waals surface area contributed by atoms with Gasteiger partial charge in [-0.1, -0.05) is 39.3 Å². The molecule has 0 radical (unpaired) electrons. The van der Waals surface area contributed by atoms with Crippen LogP contribution in [0, 0.1) is 46.3 Å². The molecule has 5 rings (SSSR count). The lowest BCUT2D eigenvalue weighted by atomic mass is 9.46. The third-order valence-corrected chi connectivity index (χ3v) is 11.0. The van der Waals surface area contributed by atoms with Gasteiger partial charge in [0.15, 0.2) is 0 Å². The monoisotopic (exact) mass is 414 g/mol. The maximum absolute atomic E-state index is 6.80. The summed E-state index contributed by atoms with van der Waals surface area (Å²) in [6, 6.07) is 0. The van der Waals surface area contributed by atoms with Gasteiger partial charge in [-0.05, 0) is 111 Å². The highest BCUT2D eigenvalue weighted by atomic mass is 16.5. The van der Waals surface area contributed by atoms with Crippen LogP contribution in [0.25, 0.3) is 0 Å². The Bertz CT molecular complexity index is 670. The predicted octanol–water partition coefficient (Wildman–Crippen LogP) is 7.03. The maximum Gasteiger partial charge on any atom is 0.0618 e. The summed E-state index contributed by atoms with van der Waals surface area (Å²) in [5.74, 6) is 5.15. The lowest BCUT2D eigenvalue weighted by Crippen LogP contribution is -2.50. The Kier molecular flexibility index (Phi) is 5.67. The summed E-state index contributed by atoms with van der Waals surface area (Å²) >= 11 is 0. The fourth-order valence-electron chi connectivity index (χ4n) is 9.45. The van der Waals surface area contributed by atoms with Gasteiger partial charge in [0, 0.05) is 13.7 Å². The van der Waals surface area contributed by atoms with Crippen molar-refractivity contribution < 1.29 is 9.47 Å². The van der Waals surface area contributed by atoms with E-state index in [9.17, 15) is 0 Å². The third kappa shape index (κ3) is 3.18. The number of hydrogen-bond acceptors (Lipinski definition) is 2. The highest BCUT2D eigenvalue weighted by Crippen LogP contribution is 2.69. The van der Waals surface area contributed by atoms with Crippen molar-refractivity contribution in [1.82, 2.24) is 0 Å². The van der Waals surface area contributed by atoms with Crippen LogP contribution < -0.4 is 0 Å². The summed E-state index contributed by atoms with van der Waals surface area (Å²) in [7, 11) is 1.81. The Hall–Kier alpha value is -0.340. The zero-order chi connectivity index (χ0) is 21.1. The van der Waals surface area contributed by atoms with Gasteiger partial charge in [0.25, 0.3) is 0 Å². The second-order valence-electron chi connectivity index (χ2n) is 12.5. The number of methoxy groups -OCH3 is 1. The molecule has 0 aromatic rings. The van der Waals surface area contributed by atoms with Gasteiger partial charge < -0.3 is 9.47 Å². The van der Waals surface area contributed by atoms with E-state index in [-0.39, 0.29) is 0 Å². The Morgan fingerprint density at radius 3 is 2.73 bits per heavy atom. The molecule has 0 amide bonds. The molecule has 0 aromatic heterocycles. The topological polar surface area (TPSA) is 18.5 Å². The Morgan fingerprint density at radius 2 is 1.93 bits per heavy atom. The van der Waals surface area contributed by atoms with Crippen molar-refractivity contribution in [1.29, 1.82) is 0 Å². The van der Waals surface area contributed by atoms with Gasteiger partial charge in [-0.25, -0.2) is 0 Å². The SMILES string of the molecule is COCCCCC1OC2CC3C4CC=C5CC(C)CCC5(C)C4CCC3(C)C2C1C. The first kappa shape index (κ1) is 21.5. The van der Waals surface area contributed by atoms with Crippen LogP contribution in [0.5, 0.6) is 0 Å². The fraction of sp³-hybridized carbons (Fsp3) is 0.929. The van der Waals surface area contributed by atoms with Crippen molar-refractivity contribution in [3.8, 4) is 0 Å². The minimum Gasteiger partial charge on any atom is -0.385 e. The van der Waals surface area contributed by atoms with Crippen LogP contribution in [0.15, 0.2) is 11.6 Å². The number of rotatable bonds is 5. The van der Waals surface area contributed by atoms with Gasteiger partial charge in [-0.15, -0.1) is 0 Å². The van der Waals surface area contributed by atoms with E-state index in [1.54, 1.807) is 0 Å². The van der Waals surface area contributed by atoms with Gasteiger partial charge in [0.05, 0.1) is 12.2 Å². The lowest BCUT2D eigenvalue weighted by Gasteiger charge is -2.58. The van der Waals surface area contributed by atoms with E-state index in [0.29, 0.717) is 23.0 Å². The van der Waals surface area contributed by atoms with Gasteiger partial charge in [-0.3, -0.25) is 0 Å².